The maximum Gasteiger partial charge on any atom is 0.419 e. The largest absolute Gasteiger partial charge is 0.469 e. The van der Waals surface area contributed by atoms with Crippen molar-refractivity contribution in [3.8, 4) is 0 Å². The lowest BCUT2D eigenvalue weighted by Crippen LogP contribution is -2.42. The molecule has 0 bridgehead atoms. The van der Waals surface area contributed by atoms with Crippen molar-refractivity contribution in [3.05, 3.63) is 71.9 Å². The van der Waals surface area contributed by atoms with Crippen LogP contribution in [0, 0.1) is 5.92 Å². The van der Waals surface area contributed by atoms with Crippen molar-refractivity contribution in [2.24, 2.45) is 5.92 Å². The lowest BCUT2D eigenvalue weighted by Gasteiger charge is -2.20. The molecule has 39 heavy (non-hydrogen) atoms. The van der Waals surface area contributed by atoms with E-state index in [9.17, 15) is 19.2 Å². The molecular formula is C30H36N2O7. The van der Waals surface area contributed by atoms with Crippen LogP contribution in [0.5, 0.6) is 0 Å². The van der Waals surface area contributed by atoms with Crippen LogP contribution in [-0.4, -0.2) is 47.3 Å². The summed E-state index contributed by atoms with van der Waals surface area (Å²) >= 11 is 0. The first kappa shape index (κ1) is 29.4. The maximum atomic E-state index is 13.2. The molecule has 9 nitrogen and oxygen atoms in total. The number of carbonyl (C=O) groups excluding carboxylic acids is 4. The second kappa shape index (κ2) is 13.1. The third-order valence-corrected chi connectivity index (χ3v) is 6.13. The number of methoxy groups -OCH3 is 1. The molecule has 3 aromatic rings. The molecule has 0 saturated carbocycles. The molecule has 9 heteroatoms. The van der Waals surface area contributed by atoms with Crippen molar-refractivity contribution in [2.45, 2.75) is 65.2 Å². The van der Waals surface area contributed by atoms with Crippen LogP contribution in [0.25, 0.3) is 10.9 Å². The van der Waals surface area contributed by atoms with Crippen LogP contribution in [0.1, 0.15) is 51.7 Å². The van der Waals surface area contributed by atoms with Gasteiger partial charge in [0, 0.05) is 18.0 Å². The van der Waals surface area contributed by atoms with Crippen molar-refractivity contribution < 1.29 is 33.4 Å². The Morgan fingerprint density at radius 3 is 2.28 bits per heavy atom. The van der Waals surface area contributed by atoms with Crippen molar-refractivity contribution in [2.75, 3.05) is 7.11 Å². The van der Waals surface area contributed by atoms with E-state index < -0.39 is 35.7 Å². The number of hydrogen-bond acceptors (Lipinski definition) is 7. The number of esters is 1. The summed E-state index contributed by atoms with van der Waals surface area (Å²) in [5.74, 6) is -1.70. The van der Waals surface area contributed by atoms with E-state index in [0.29, 0.717) is 17.5 Å². The lowest BCUT2D eigenvalue weighted by molar-refractivity contribution is -0.147. The number of nitrogens with one attached hydrogen (secondary N) is 1. The number of carbonyl (C=O) groups is 4. The number of ketones is 1. The number of hydrogen-bond donors (Lipinski definition) is 1. The van der Waals surface area contributed by atoms with Gasteiger partial charge < -0.3 is 19.5 Å². The number of alkyl carbamates (subject to hydrolysis) is 1. The Kier molecular flexibility index (Phi) is 9.87. The van der Waals surface area contributed by atoms with Crippen LogP contribution < -0.4 is 5.32 Å². The average molecular weight is 537 g/mol. The van der Waals surface area contributed by atoms with Gasteiger partial charge in [-0.05, 0) is 50.8 Å². The molecular weight excluding hydrogens is 500 g/mol. The zero-order chi connectivity index (χ0) is 28.6. The molecule has 1 amide bonds. The van der Waals surface area contributed by atoms with Crippen LogP contribution in [-0.2, 0) is 36.8 Å². The molecule has 0 aliphatic carbocycles. The van der Waals surface area contributed by atoms with Crippen LogP contribution in [0.3, 0.4) is 0 Å². The number of nitrogens with zero attached hydrogens (tertiary/aromatic N) is 1. The van der Waals surface area contributed by atoms with Gasteiger partial charge in [0.25, 0.3) is 0 Å². The second-order valence-electron chi connectivity index (χ2n) is 10.3. The highest BCUT2D eigenvalue weighted by molar-refractivity contribution is 5.93. The minimum Gasteiger partial charge on any atom is -0.469 e. The van der Waals surface area contributed by atoms with Gasteiger partial charge in [0.2, 0.25) is 0 Å². The maximum absolute atomic E-state index is 13.2. The van der Waals surface area contributed by atoms with E-state index in [0.717, 1.165) is 10.9 Å². The molecule has 3 rings (SSSR count). The van der Waals surface area contributed by atoms with Gasteiger partial charge in [-0.3, -0.25) is 14.2 Å². The van der Waals surface area contributed by atoms with Gasteiger partial charge in [-0.1, -0.05) is 55.5 Å². The zero-order valence-corrected chi connectivity index (χ0v) is 23.1. The molecule has 1 aromatic heterocycles. The van der Waals surface area contributed by atoms with Gasteiger partial charge >= 0.3 is 18.2 Å². The number of benzene rings is 2. The van der Waals surface area contributed by atoms with Gasteiger partial charge in [0.15, 0.2) is 5.78 Å². The predicted molar refractivity (Wildman–Crippen MR) is 146 cm³/mol. The van der Waals surface area contributed by atoms with E-state index >= 15 is 0 Å². The molecule has 2 atom stereocenters. The average Bonchev–Trinajstić information content (AvgIpc) is 3.28. The highest BCUT2D eigenvalue weighted by Gasteiger charge is 2.30. The standard InChI is InChI=1S/C30H36N2O7/c1-6-24(31-28(35)38-19-20-12-8-7-9-13-20)26(33)17-21(27(34)37-5)16-22-18-32(29(36)39-30(2,3)4)25-15-11-10-14-23(22)25/h7-15,18,21,24H,6,16-17,19H2,1-5H3,(H,31,35)/t21-,24?/m1/s1. The van der Waals surface area contributed by atoms with Crippen molar-refractivity contribution in [3.63, 3.8) is 0 Å². The molecule has 0 saturated heterocycles. The Labute approximate surface area is 228 Å². The number of ether oxygens (including phenoxy) is 3. The van der Waals surface area contributed by atoms with E-state index in [1.807, 2.05) is 48.5 Å². The fraction of sp³-hybridized carbons (Fsp3) is 0.400. The summed E-state index contributed by atoms with van der Waals surface area (Å²) in [5, 5.41) is 3.37. The Bertz CT molecular complexity index is 1310. The molecule has 0 aliphatic rings. The quantitative estimate of drug-likeness (QED) is 0.272. The van der Waals surface area contributed by atoms with Crippen LogP contribution >= 0.6 is 0 Å². The SMILES string of the molecule is CCC(NC(=O)OCc1ccccc1)C(=O)C[C@@H](Cc1cn(C(=O)OC(C)(C)C)c2ccccc12)C(=O)OC. The molecule has 2 aromatic carbocycles. The third kappa shape index (κ3) is 8.17. The first-order valence-electron chi connectivity index (χ1n) is 12.9. The molecule has 1 N–H and O–H groups in total. The van der Waals surface area contributed by atoms with E-state index in [1.165, 1.54) is 11.7 Å². The molecule has 0 spiro atoms. The first-order valence-corrected chi connectivity index (χ1v) is 12.9. The number of amides is 1. The lowest BCUT2D eigenvalue weighted by atomic mass is 9.91. The Morgan fingerprint density at radius 1 is 0.974 bits per heavy atom. The minimum atomic E-state index is -0.830. The molecule has 1 heterocycles. The summed E-state index contributed by atoms with van der Waals surface area (Å²) in [6.07, 6.45) is 0.703. The van der Waals surface area contributed by atoms with Crippen LogP contribution in [0.2, 0.25) is 0 Å². The number of rotatable bonds is 10. The van der Waals surface area contributed by atoms with Crippen LogP contribution in [0.15, 0.2) is 60.8 Å². The smallest absolute Gasteiger partial charge is 0.419 e. The van der Waals surface area contributed by atoms with Gasteiger partial charge in [0.05, 0.1) is 24.6 Å². The van der Waals surface area contributed by atoms with Gasteiger partial charge in [0.1, 0.15) is 12.2 Å². The third-order valence-electron chi connectivity index (χ3n) is 6.13. The van der Waals surface area contributed by atoms with Gasteiger partial charge in [-0.2, -0.15) is 0 Å². The summed E-state index contributed by atoms with van der Waals surface area (Å²) in [6.45, 7) is 7.19. The number of Topliss-reactive ketones (excluding diaryl/α,β-unsaturated/α-hetero) is 1. The Hall–Kier alpha value is -4.14. The normalized spacial score (nSPS) is 12.8. The van der Waals surface area contributed by atoms with Gasteiger partial charge in [-0.25, -0.2) is 9.59 Å². The van der Waals surface area contributed by atoms with Gasteiger partial charge in [-0.15, -0.1) is 0 Å². The fourth-order valence-corrected chi connectivity index (χ4v) is 4.25. The van der Waals surface area contributed by atoms with Crippen molar-refractivity contribution in [1.82, 2.24) is 9.88 Å². The molecule has 0 fully saturated rings. The number of fused-ring (bicyclic) bond motifs is 1. The van der Waals surface area contributed by atoms with E-state index in [4.69, 9.17) is 14.2 Å². The summed E-state index contributed by atoms with van der Waals surface area (Å²) in [6, 6.07) is 15.7. The zero-order valence-electron chi connectivity index (χ0n) is 23.1. The van der Waals surface area contributed by atoms with E-state index in [-0.39, 0.29) is 25.2 Å². The molecule has 0 aliphatic heterocycles. The Morgan fingerprint density at radius 2 is 1.64 bits per heavy atom. The predicted octanol–water partition coefficient (Wildman–Crippen LogP) is 5.42. The summed E-state index contributed by atoms with van der Waals surface area (Å²) < 4.78 is 17.2. The topological polar surface area (TPSA) is 113 Å². The molecule has 0 radical (unpaired) electrons. The summed E-state index contributed by atoms with van der Waals surface area (Å²) in [4.78, 5) is 51.1. The van der Waals surface area contributed by atoms with E-state index in [2.05, 4.69) is 5.32 Å². The highest BCUT2D eigenvalue weighted by atomic mass is 16.6. The number of aromatic nitrogens is 1. The van der Waals surface area contributed by atoms with Crippen molar-refractivity contribution >= 4 is 34.8 Å². The highest BCUT2D eigenvalue weighted by Crippen LogP contribution is 2.27. The fourth-order valence-electron chi connectivity index (χ4n) is 4.25. The number of para-hydroxylation sites is 1. The Balaban J connectivity index is 1.74. The van der Waals surface area contributed by atoms with E-state index in [1.54, 1.807) is 40.0 Å². The monoisotopic (exact) mass is 536 g/mol. The molecule has 208 valence electrons. The second-order valence-corrected chi connectivity index (χ2v) is 10.3. The van der Waals surface area contributed by atoms with Crippen LogP contribution in [0.4, 0.5) is 9.59 Å². The minimum absolute atomic E-state index is 0.0732. The van der Waals surface area contributed by atoms with Crippen molar-refractivity contribution in [1.29, 1.82) is 0 Å². The summed E-state index contributed by atoms with van der Waals surface area (Å²) in [7, 11) is 1.26. The summed E-state index contributed by atoms with van der Waals surface area (Å²) in [5.41, 5.74) is 1.46. The first-order chi connectivity index (χ1) is 18.5. The molecule has 1 unspecified atom stereocenters.